The van der Waals surface area contributed by atoms with E-state index in [1.807, 2.05) is 5.43 Å². The molecule has 0 aliphatic rings. The Hall–Kier alpha value is -0.711. The molecule has 0 saturated heterocycles. The number of hydrazine groups is 1. The predicted molar refractivity (Wildman–Crippen MR) is 35.4 cm³/mol. The van der Waals surface area contributed by atoms with Crippen LogP contribution in [0.2, 0.25) is 0 Å². The number of nitrogens with one attached hydrogen (secondary N) is 1. The van der Waals surface area contributed by atoms with E-state index in [1.165, 1.54) is 0 Å². The van der Waals surface area contributed by atoms with Gasteiger partial charge in [-0.2, -0.15) is 0 Å². The summed E-state index contributed by atoms with van der Waals surface area (Å²) in [6, 6.07) is 0. The van der Waals surface area contributed by atoms with E-state index in [0.29, 0.717) is 10.1 Å². The van der Waals surface area contributed by atoms with Crippen molar-refractivity contribution < 1.29 is 4.79 Å². The van der Waals surface area contributed by atoms with Crippen LogP contribution in [0.4, 0.5) is 0 Å². The van der Waals surface area contributed by atoms with Crippen LogP contribution in [0.3, 0.4) is 0 Å². The molecule has 0 saturated carbocycles. The summed E-state index contributed by atoms with van der Waals surface area (Å²) < 4.78 is 4.32. The summed E-state index contributed by atoms with van der Waals surface area (Å²) in [5, 5.41) is 3.70. The fourth-order valence-corrected chi connectivity index (χ4v) is 1.68. The van der Waals surface area contributed by atoms with Gasteiger partial charge >= 0.3 is 63.0 Å². The number of hydrogen-bond donors (Lipinski definition) is 2. The van der Waals surface area contributed by atoms with Crippen LogP contribution in [0, 0.1) is 6.92 Å². The van der Waals surface area contributed by atoms with Gasteiger partial charge in [0.2, 0.25) is 0 Å². The quantitative estimate of drug-likeness (QED) is 0.251. The van der Waals surface area contributed by atoms with Gasteiger partial charge in [-0.15, -0.1) is 0 Å². The monoisotopic (exact) mass is 206 g/mol. The first-order chi connectivity index (χ1) is 4.75. The number of carbonyl (C=O) groups excluding carboxylic acids is 1. The number of aryl methyl sites for hydroxylation is 1. The fourth-order valence-electron chi connectivity index (χ4n) is 0.505. The number of carbonyl (C=O) groups is 1. The van der Waals surface area contributed by atoms with Crippen LogP contribution < -0.4 is 11.3 Å². The van der Waals surface area contributed by atoms with Crippen molar-refractivity contribution in [2.24, 2.45) is 5.84 Å². The molecule has 1 rings (SSSR count). The van der Waals surface area contributed by atoms with Crippen molar-refractivity contribution in [2.75, 3.05) is 0 Å². The standard InChI is InChI=1S/C4H6N4OSe/c1-2-3(4(9)6-5)10-8-7-2/h5H2,1H3,(H,6,9). The first-order valence-electron chi connectivity index (χ1n) is 2.55. The van der Waals surface area contributed by atoms with Crippen LogP contribution >= 0.6 is 0 Å². The van der Waals surface area contributed by atoms with Crippen LogP contribution in [0.25, 0.3) is 0 Å². The van der Waals surface area contributed by atoms with Gasteiger partial charge in [0.25, 0.3) is 0 Å². The molecule has 0 aliphatic carbocycles. The van der Waals surface area contributed by atoms with Gasteiger partial charge in [0, 0.05) is 0 Å². The van der Waals surface area contributed by atoms with Crippen molar-refractivity contribution in [3.63, 3.8) is 0 Å². The van der Waals surface area contributed by atoms with Gasteiger partial charge in [-0.1, -0.05) is 0 Å². The zero-order valence-electron chi connectivity index (χ0n) is 5.29. The summed E-state index contributed by atoms with van der Waals surface area (Å²) in [5.41, 5.74) is 2.71. The van der Waals surface area contributed by atoms with E-state index in [1.54, 1.807) is 6.92 Å². The molecule has 1 aromatic heterocycles. The Morgan fingerprint density at radius 3 is 2.90 bits per heavy atom. The first kappa shape index (κ1) is 7.40. The average Bonchev–Trinajstić information content (AvgIpc) is 2.34. The van der Waals surface area contributed by atoms with E-state index in [9.17, 15) is 4.79 Å². The van der Waals surface area contributed by atoms with Crippen molar-refractivity contribution >= 4 is 20.6 Å². The third-order valence-corrected chi connectivity index (χ3v) is 2.72. The van der Waals surface area contributed by atoms with Crippen LogP contribution in [0.1, 0.15) is 14.9 Å². The van der Waals surface area contributed by atoms with Gasteiger partial charge in [-0.3, -0.25) is 0 Å². The third-order valence-electron chi connectivity index (χ3n) is 0.989. The summed E-state index contributed by atoms with van der Waals surface area (Å²) in [6.45, 7) is 1.74. The molecule has 54 valence electrons. The number of aromatic nitrogens is 2. The summed E-state index contributed by atoms with van der Waals surface area (Å²) >= 11 is -0.173. The average molecular weight is 205 g/mol. The molecule has 1 amide bonds. The molecule has 0 aliphatic heterocycles. The van der Waals surface area contributed by atoms with E-state index >= 15 is 0 Å². The molecule has 0 fully saturated rings. The molecule has 10 heavy (non-hydrogen) atoms. The molecular formula is C4H6N4OSe. The summed E-state index contributed by atoms with van der Waals surface area (Å²) in [6.07, 6.45) is 0. The van der Waals surface area contributed by atoms with Crippen molar-refractivity contribution in [2.45, 2.75) is 6.92 Å². The van der Waals surface area contributed by atoms with Gasteiger partial charge in [0.05, 0.1) is 0 Å². The molecule has 1 aromatic rings. The minimum atomic E-state index is -0.275. The maximum absolute atomic E-state index is 10.8. The second-order valence-electron chi connectivity index (χ2n) is 1.66. The van der Waals surface area contributed by atoms with Crippen molar-refractivity contribution in [3.05, 3.63) is 10.1 Å². The second-order valence-corrected chi connectivity index (χ2v) is 3.24. The Morgan fingerprint density at radius 1 is 1.80 bits per heavy atom. The molecular weight excluding hydrogens is 199 g/mol. The SMILES string of the molecule is Cc1nn[se]c1C(=O)NN. The van der Waals surface area contributed by atoms with Gasteiger partial charge < -0.3 is 0 Å². The first-order valence-corrected chi connectivity index (χ1v) is 4.18. The molecule has 1 heterocycles. The predicted octanol–water partition coefficient (Wildman–Crippen LogP) is -1.55. The van der Waals surface area contributed by atoms with E-state index in [4.69, 9.17) is 5.84 Å². The number of nitrogens with zero attached hydrogens (tertiary/aromatic N) is 2. The van der Waals surface area contributed by atoms with Crippen molar-refractivity contribution in [3.8, 4) is 0 Å². The molecule has 0 radical (unpaired) electrons. The Balaban J connectivity index is 2.93. The summed E-state index contributed by atoms with van der Waals surface area (Å²) in [4.78, 5) is 10.8. The second kappa shape index (κ2) is 2.92. The molecule has 0 unspecified atom stereocenters. The number of nitrogens with two attached hydrogens (primary N) is 1. The topological polar surface area (TPSA) is 80.9 Å². The zero-order chi connectivity index (χ0) is 7.56. The van der Waals surface area contributed by atoms with Gasteiger partial charge in [-0.25, -0.2) is 0 Å². The minimum absolute atomic E-state index is 0.173. The van der Waals surface area contributed by atoms with E-state index in [-0.39, 0.29) is 20.6 Å². The summed E-state index contributed by atoms with van der Waals surface area (Å²) in [7, 11) is 0. The number of rotatable bonds is 1. The van der Waals surface area contributed by atoms with Crippen LogP contribution in [0.5, 0.6) is 0 Å². The number of nitrogen functional groups attached to an aromatic ring is 1. The molecule has 0 atom stereocenters. The van der Waals surface area contributed by atoms with Gasteiger partial charge in [0.1, 0.15) is 0 Å². The van der Waals surface area contributed by atoms with Crippen LogP contribution in [-0.2, 0) is 0 Å². The molecule has 6 heteroatoms. The van der Waals surface area contributed by atoms with E-state index in [0.717, 1.165) is 0 Å². The van der Waals surface area contributed by atoms with Crippen molar-refractivity contribution in [1.29, 1.82) is 0 Å². The Bertz CT molecular complexity index is 245. The molecule has 3 N–H and O–H groups in total. The van der Waals surface area contributed by atoms with E-state index in [2.05, 4.69) is 9.19 Å². The summed E-state index contributed by atoms with van der Waals surface area (Å²) in [5.74, 6) is 4.63. The van der Waals surface area contributed by atoms with Crippen molar-refractivity contribution in [1.82, 2.24) is 14.6 Å². The number of hydrogen-bond acceptors (Lipinski definition) is 4. The van der Waals surface area contributed by atoms with Crippen LogP contribution in [0.15, 0.2) is 0 Å². The Kier molecular flexibility index (Phi) is 2.16. The van der Waals surface area contributed by atoms with E-state index < -0.39 is 0 Å². The van der Waals surface area contributed by atoms with Gasteiger partial charge in [-0.05, 0) is 0 Å². The normalized spacial score (nSPS) is 9.40. The zero-order valence-corrected chi connectivity index (χ0v) is 7.00. The number of amides is 1. The maximum atomic E-state index is 10.8. The van der Waals surface area contributed by atoms with Gasteiger partial charge in [0.15, 0.2) is 0 Å². The van der Waals surface area contributed by atoms with Crippen LogP contribution in [-0.4, -0.2) is 29.8 Å². The third kappa shape index (κ3) is 1.23. The molecule has 0 spiro atoms. The molecule has 0 bridgehead atoms. The molecule has 0 aromatic carbocycles. The Morgan fingerprint density at radius 2 is 2.50 bits per heavy atom. The fraction of sp³-hybridized carbons (Fsp3) is 0.250. The Labute approximate surface area is 63.6 Å². The molecule has 5 nitrogen and oxygen atoms in total.